The minimum atomic E-state index is 0.0495. The molecule has 100 valence electrons. The third kappa shape index (κ3) is 2.28. The molecule has 0 spiro atoms. The van der Waals surface area contributed by atoms with Gasteiger partial charge >= 0.3 is 0 Å². The summed E-state index contributed by atoms with van der Waals surface area (Å²) in [5, 5.41) is 8.35. The van der Waals surface area contributed by atoms with Crippen LogP contribution in [0.5, 0.6) is 0 Å². The number of carbonyl (C=O) groups is 1. The van der Waals surface area contributed by atoms with E-state index < -0.39 is 0 Å². The Morgan fingerprint density at radius 1 is 1.47 bits per heavy atom. The predicted octanol–water partition coefficient (Wildman–Crippen LogP) is 1.87. The Labute approximate surface area is 115 Å². The number of aryl methyl sites for hydroxylation is 2. The third-order valence-corrected chi connectivity index (χ3v) is 4.35. The highest BCUT2D eigenvalue weighted by Gasteiger charge is 2.20. The highest BCUT2D eigenvalue weighted by Crippen LogP contribution is 2.19. The van der Waals surface area contributed by atoms with E-state index in [1.807, 2.05) is 26.1 Å². The van der Waals surface area contributed by atoms with E-state index in [1.165, 1.54) is 11.3 Å². The molecule has 5 nitrogen and oxygen atoms in total. The molecule has 0 saturated heterocycles. The van der Waals surface area contributed by atoms with Crippen molar-refractivity contribution in [2.75, 3.05) is 7.05 Å². The lowest BCUT2D eigenvalue weighted by Gasteiger charge is -2.15. The lowest BCUT2D eigenvalue weighted by atomic mass is 10.4. The first-order valence-electron chi connectivity index (χ1n) is 6.38. The molecule has 0 atom stereocenters. The first-order valence-corrected chi connectivity index (χ1v) is 7.19. The standard InChI is InChI=1S/C13H16N4OS/c1-9-5-6-10(19-9)13(18)16(2)8-12-15-14-11-4-3-7-17(11)12/h5-6H,3-4,7-8H2,1-2H3. The number of amides is 1. The van der Waals surface area contributed by atoms with Crippen LogP contribution in [0, 0.1) is 6.92 Å². The Hall–Kier alpha value is -1.69. The number of fused-ring (bicyclic) bond motifs is 1. The molecule has 0 aromatic carbocycles. The zero-order valence-corrected chi connectivity index (χ0v) is 11.9. The first-order chi connectivity index (χ1) is 9.15. The molecule has 3 heterocycles. The van der Waals surface area contributed by atoms with E-state index in [1.54, 1.807) is 4.90 Å². The maximum absolute atomic E-state index is 12.3. The van der Waals surface area contributed by atoms with E-state index in [0.717, 1.165) is 40.8 Å². The van der Waals surface area contributed by atoms with Crippen molar-refractivity contribution in [2.24, 2.45) is 0 Å². The van der Waals surface area contributed by atoms with Gasteiger partial charge in [0.25, 0.3) is 5.91 Å². The average molecular weight is 276 g/mol. The fraction of sp³-hybridized carbons (Fsp3) is 0.462. The Bertz CT molecular complexity index is 616. The van der Waals surface area contributed by atoms with Crippen molar-refractivity contribution in [2.45, 2.75) is 32.9 Å². The molecule has 1 amide bonds. The molecule has 1 aliphatic heterocycles. The second kappa shape index (κ2) is 4.77. The predicted molar refractivity (Wildman–Crippen MR) is 73.2 cm³/mol. The van der Waals surface area contributed by atoms with Gasteiger partial charge in [-0.3, -0.25) is 4.79 Å². The lowest BCUT2D eigenvalue weighted by molar-refractivity contribution is 0.0785. The van der Waals surface area contributed by atoms with Crippen LogP contribution in [0.2, 0.25) is 0 Å². The molecule has 1 aliphatic rings. The zero-order chi connectivity index (χ0) is 13.4. The van der Waals surface area contributed by atoms with Gasteiger partial charge in [0.05, 0.1) is 11.4 Å². The summed E-state index contributed by atoms with van der Waals surface area (Å²) in [7, 11) is 1.81. The molecule has 0 fully saturated rings. The fourth-order valence-corrected chi connectivity index (χ4v) is 3.21. The molecule has 0 unspecified atom stereocenters. The number of nitrogens with zero attached hydrogens (tertiary/aromatic N) is 4. The van der Waals surface area contributed by atoms with Gasteiger partial charge in [-0.1, -0.05) is 0 Å². The van der Waals surface area contributed by atoms with E-state index in [4.69, 9.17) is 0 Å². The van der Waals surface area contributed by atoms with Gasteiger partial charge in [0.15, 0.2) is 5.82 Å². The topological polar surface area (TPSA) is 51.0 Å². The summed E-state index contributed by atoms with van der Waals surface area (Å²) in [5.74, 6) is 1.98. The number of aromatic nitrogens is 3. The van der Waals surface area contributed by atoms with Crippen molar-refractivity contribution in [3.63, 3.8) is 0 Å². The summed E-state index contributed by atoms with van der Waals surface area (Å²) in [6.45, 7) is 3.49. The van der Waals surface area contributed by atoms with Gasteiger partial charge < -0.3 is 9.47 Å². The van der Waals surface area contributed by atoms with Crippen LogP contribution in [0.25, 0.3) is 0 Å². The van der Waals surface area contributed by atoms with Crippen LogP contribution in [-0.2, 0) is 19.5 Å². The van der Waals surface area contributed by atoms with E-state index in [2.05, 4.69) is 14.8 Å². The molecule has 3 rings (SSSR count). The van der Waals surface area contributed by atoms with E-state index in [-0.39, 0.29) is 5.91 Å². The number of hydrogen-bond acceptors (Lipinski definition) is 4. The van der Waals surface area contributed by atoms with Gasteiger partial charge in [-0.05, 0) is 25.5 Å². The quantitative estimate of drug-likeness (QED) is 0.860. The van der Waals surface area contributed by atoms with Crippen molar-refractivity contribution in [3.8, 4) is 0 Å². The summed E-state index contributed by atoms with van der Waals surface area (Å²) in [6.07, 6.45) is 2.12. The van der Waals surface area contributed by atoms with Gasteiger partial charge in [0.1, 0.15) is 5.82 Å². The second-order valence-corrected chi connectivity index (χ2v) is 6.15. The number of rotatable bonds is 3. The monoisotopic (exact) mass is 276 g/mol. The summed E-state index contributed by atoms with van der Waals surface area (Å²) < 4.78 is 2.13. The molecule has 19 heavy (non-hydrogen) atoms. The summed E-state index contributed by atoms with van der Waals surface area (Å²) >= 11 is 1.53. The van der Waals surface area contributed by atoms with Crippen LogP contribution < -0.4 is 0 Å². The van der Waals surface area contributed by atoms with Crippen molar-refractivity contribution in [3.05, 3.63) is 33.5 Å². The van der Waals surface area contributed by atoms with Gasteiger partial charge in [0.2, 0.25) is 0 Å². The van der Waals surface area contributed by atoms with E-state index in [0.29, 0.717) is 6.54 Å². The zero-order valence-electron chi connectivity index (χ0n) is 11.1. The first kappa shape index (κ1) is 12.3. The number of hydrogen-bond donors (Lipinski definition) is 0. The molecule has 2 aromatic heterocycles. The van der Waals surface area contributed by atoms with Crippen LogP contribution in [0.3, 0.4) is 0 Å². The molecule has 0 bridgehead atoms. The smallest absolute Gasteiger partial charge is 0.264 e. The van der Waals surface area contributed by atoms with E-state index in [9.17, 15) is 4.79 Å². The third-order valence-electron chi connectivity index (χ3n) is 3.36. The van der Waals surface area contributed by atoms with Gasteiger partial charge in [-0.2, -0.15) is 0 Å². The van der Waals surface area contributed by atoms with Crippen molar-refractivity contribution < 1.29 is 4.79 Å². The lowest BCUT2D eigenvalue weighted by Crippen LogP contribution is -2.27. The van der Waals surface area contributed by atoms with Crippen LogP contribution in [0.4, 0.5) is 0 Å². The number of carbonyl (C=O) groups excluding carboxylic acids is 1. The normalized spacial score (nSPS) is 13.6. The maximum Gasteiger partial charge on any atom is 0.264 e. The molecule has 0 N–H and O–H groups in total. The average Bonchev–Trinajstić information content (AvgIpc) is 3.06. The minimum Gasteiger partial charge on any atom is -0.333 e. The van der Waals surface area contributed by atoms with Crippen LogP contribution in [-0.4, -0.2) is 32.6 Å². The Kier molecular flexibility index (Phi) is 3.10. The van der Waals surface area contributed by atoms with Gasteiger partial charge in [-0.15, -0.1) is 21.5 Å². The highest BCUT2D eigenvalue weighted by atomic mass is 32.1. The fourth-order valence-electron chi connectivity index (χ4n) is 2.35. The second-order valence-electron chi connectivity index (χ2n) is 4.86. The summed E-state index contributed by atoms with van der Waals surface area (Å²) in [4.78, 5) is 15.9. The number of thiophene rings is 1. The van der Waals surface area contributed by atoms with Crippen molar-refractivity contribution in [1.29, 1.82) is 0 Å². The van der Waals surface area contributed by atoms with Crippen LogP contribution in [0.1, 0.15) is 32.6 Å². The largest absolute Gasteiger partial charge is 0.333 e. The minimum absolute atomic E-state index is 0.0495. The Balaban J connectivity index is 1.74. The molecular weight excluding hydrogens is 260 g/mol. The Morgan fingerprint density at radius 2 is 2.32 bits per heavy atom. The van der Waals surface area contributed by atoms with Gasteiger partial charge in [-0.25, -0.2) is 0 Å². The van der Waals surface area contributed by atoms with Crippen LogP contribution >= 0.6 is 11.3 Å². The highest BCUT2D eigenvalue weighted by molar-refractivity contribution is 7.13. The van der Waals surface area contributed by atoms with Crippen molar-refractivity contribution >= 4 is 17.2 Å². The molecule has 2 aromatic rings. The Morgan fingerprint density at radius 3 is 3.05 bits per heavy atom. The summed E-state index contributed by atoms with van der Waals surface area (Å²) in [6, 6.07) is 3.85. The summed E-state index contributed by atoms with van der Waals surface area (Å²) in [5.41, 5.74) is 0. The van der Waals surface area contributed by atoms with Gasteiger partial charge in [0, 0.05) is 24.9 Å². The van der Waals surface area contributed by atoms with E-state index >= 15 is 0 Å². The molecule has 0 radical (unpaired) electrons. The molecular formula is C13H16N4OS. The molecule has 6 heteroatoms. The SMILES string of the molecule is Cc1ccc(C(=O)N(C)Cc2nnc3n2CCC3)s1. The molecule has 0 saturated carbocycles. The van der Waals surface area contributed by atoms with Crippen molar-refractivity contribution in [1.82, 2.24) is 19.7 Å². The van der Waals surface area contributed by atoms with Crippen LogP contribution in [0.15, 0.2) is 12.1 Å². The maximum atomic E-state index is 12.3. The molecule has 0 aliphatic carbocycles.